The van der Waals surface area contributed by atoms with E-state index in [1.165, 1.54) is 12.1 Å². The topological polar surface area (TPSA) is 97.5 Å². The zero-order valence-electron chi connectivity index (χ0n) is 12.1. The Balaban J connectivity index is 2.31. The summed E-state index contributed by atoms with van der Waals surface area (Å²) in [5, 5.41) is 8.79. The molecule has 0 heterocycles. The molecule has 1 unspecified atom stereocenters. The first-order valence-electron chi connectivity index (χ1n) is 6.70. The van der Waals surface area contributed by atoms with Crippen molar-refractivity contribution in [3.8, 4) is 0 Å². The lowest BCUT2D eigenvalue weighted by atomic mass is 10.1. The van der Waals surface area contributed by atoms with Crippen molar-refractivity contribution in [2.75, 3.05) is 0 Å². The Morgan fingerprint density at radius 3 is 2.27 bits per heavy atom. The lowest BCUT2D eigenvalue weighted by molar-refractivity contribution is -0.138. The predicted octanol–water partition coefficient (Wildman–Crippen LogP) is 1.78. The third kappa shape index (κ3) is 3.35. The Hall–Kier alpha value is -2.18. The number of sulfone groups is 1. The molecule has 22 heavy (non-hydrogen) atoms. The van der Waals surface area contributed by atoms with Crippen LogP contribution in [0.1, 0.15) is 11.1 Å². The second kappa shape index (κ2) is 6.29. The van der Waals surface area contributed by atoms with E-state index in [4.69, 9.17) is 10.8 Å². The third-order valence-electron chi connectivity index (χ3n) is 3.39. The second-order valence-electron chi connectivity index (χ2n) is 5.06. The number of rotatable bonds is 5. The molecule has 0 saturated carbocycles. The minimum absolute atomic E-state index is 0.153. The molecule has 116 valence electrons. The zero-order chi connectivity index (χ0) is 16.3. The fourth-order valence-electron chi connectivity index (χ4n) is 2.13. The van der Waals surface area contributed by atoms with Gasteiger partial charge in [0.15, 0.2) is 0 Å². The molecule has 0 spiro atoms. The van der Waals surface area contributed by atoms with Crippen molar-refractivity contribution in [2.45, 2.75) is 29.2 Å². The number of carbonyl (C=O) groups is 1. The van der Waals surface area contributed by atoms with Gasteiger partial charge in [-0.3, -0.25) is 4.79 Å². The average molecular weight is 319 g/mol. The summed E-state index contributed by atoms with van der Waals surface area (Å²) in [7, 11) is -3.58. The van der Waals surface area contributed by atoms with Crippen molar-refractivity contribution < 1.29 is 18.3 Å². The fourth-order valence-corrected chi connectivity index (χ4v) is 3.63. The van der Waals surface area contributed by atoms with Crippen LogP contribution in [-0.4, -0.2) is 25.5 Å². The van der Waals surface area contributed by atoms with E-state index in [9.17, 15) is 13.2 Å². The van der Waals surface area contributed by atoms with Gasteiger partial charge in [-0.25, -0.2) is 8.42 Å². The second-order valence-corrected chi connectivity index (χ2v) is 6.98. The van der Waals surface area contributed by atoms with Gasteiger partial charge < -0.3 is 10.8 Å². The van der Waals surface area contributed by atoms with Crippen LogP contribution in [0.3, 0.4) is 0 Å². The first-order valence-corrected chi connectivity index (χ1v) is 8.19. The first-order chi connectivity index (χ1) is 10.3. The Morgan fingerprint density at radius 1 is 1.14 bits per heavy atom. The maximum absolute atomic E-state index is 12.6. The first kappa shape index (κ1) is 16.2. The Kier molecular flexibility index (Phi) is 4.63. The highest BCUT2D eigenvalue weighted by molar-refractivity contribution is 7.91. The van der Waals surface area contributed by atoms with Crippen LogP contribution in [0, 0.1) is 6.92 Å². The number of benzene rings is 2. The Bertz CT molecular complexity index is 782. The molecule has 0 aliphatic heterocycles. The smallest absolute Gasteiger partial charge is 0.320 e. The summed E-state index contributed by atoms with van der Waals surface area (Å²) >= 11 is 0. The molecule has 2 aromatic carbocycles. The Labute approximate surface area is 129 Å². The van der Waals surface area contributed by atoms with E-state index in [0.29, 0.717) is 11.1 Å². The highest BCUT2D eigenvalue weighted by Gasteiger charge is 2.19. The maximum Gasteiger partial charge on any atom is 0.320 e. The van der Waals surface area contributed by atoms with Gasteiger partial charge in [0.1, 0.15) is 6.04 Å². The summed E-state index contributed by atoms with van der Waals surface area (Å²) in [6, 6.07) is 11.9. The van der Waals surface area contributed by atoms with Crippen molar-refractivity contribution in [1.82, 2.24) is 0 Å². The van der Waals surface area contributed by atoms with Gasteiger partial charge >= 0.3 is 5.97 Å². The molecule has 0 fully saturated rings. The molecule has 5 nitrogen and oxygen atoms in total. The third-order valence-corrected chi connectivity index (χ3v) is 5.32. The van der Waals surface area contributed by atoms with Crippen LogP contribution in [0.15, 0.2) is 58.3 Å². The van der Waals surface area contributed by atoms with Crippen LogP contribution >= 0.6 is 0 Å². The summed E-state index contributed by atoms with van der Waals surface area (Å²) in [5.41, 5.74) is 6.82. The SMILES string of the molecule is Cc1ccccc1S(=O)(=O)c1ccc(CC(N)C(=O)O)cc1. The van der Waals surface area contributed by atoms with Crippen LogP contribution in [0.2, 0.25) is 0 Å². The molecular formula is C16H17NO4S. The van der Waals surface area contributed by atoms with E-state index in [1.807, 2.05) is 0 Å². The normalized spacial score (nSPS) is 12.8. The molecule has 0 amide bonds. The van der Waals surface area contributed by atoms with Crippen LogP contribution in [-0.2, 0) is 21.1 Å². The van der Waals surface area contributed by atoms with E-state index in [0.717, 1.165) is 0 Å². The summed E-state index contributed by atoms with van der Waals surface area (Å²) in [5.74, 6) is -1.09. The molecule has 6 heteroatoms. The standard InChI is InChI=1S/C16H17NO4S/c1-11-4-2-3-5-15(11)22(20,21)13-8-6-12(7-9-13)10-14(17)16(18)19/h2-9,14H,10,17H2,1H3,(H,18,19). The highest BCUT2D eigenvalue weighted by Crippen LogP contribution is 2.24. The number of aryl methyl sites for hydroxylation is 1. The minimum atomic E-state index is -3.58. The Morgan fingerprint density at radius 2 is 1.73 bits per heavy atom. The van der Waals surface area contributed by atoms with Gasteiger partial charge in [0, 0.05) is 0 Å². The van der Waals surface area contributed by atoms with Gasteiger partial charge in [0.25, 0.3) is 0 Å². The van der Waals surface area contributed by atoms with Crippen LogP contribution in [0.25, 0.3) is 0 Å². The van der Waals surface area contributed by atoms with Crippen molar-refractivity contribution >= 4 is 15.8 Å². The number of carboxylic acid groups (broad SMARTS) is 1. The number of hydrogen-bond acceptors (Lipinski definition) is 4. The summed E-state index contributed by atoms with van der Waals surface area (Å²) in [4.78, 5) is 11.2. The van der Waals surface area contributed by atoms with Crippen LogP contribution in [0.5, 0.6) is 0 Å². The molecule has 3 N–H and O–H groups in total. The van der Waals surface area contributed by atoms with Crippen LogP contribution < -0.4 is 5.73 Å². The van der Waals surface area contributed by atoms with Gasteiger partial charge in [-0.05, 0) is 42.7 Å². The molecule has 2 aromatic rings. The van der Waals surface area contributed by atoms with Crippen LogP contribution in [0.4, 0.5) is 0 Å². The number of carboxylic acids is 1. The van der Waals surface area contributed by atoms with E-state index in [-0.39, 0.29) is 16.2 Å². The van der Waals surface area contributed by atoms with Crippen molar-refractivity contribution in [1.29, 1.82) is 0 Å². The summed E-state index contributed by atoms with van der Waals surface area (Å²) in [6.07, 6.45) is 0.153. The molecule has 0 aromatic heterocycles. The fraction of sp³-hybridized carbons (Fsp3) is 0.188. The molecule has 0 radical (unpaired) electrons. The summed E-state index contributed by atoms with van der Waals surface area (Å²) < 4.78 is 25.2. The molecule has 0 saturated heterocycles. The quantitative estimate of drug-likeness (QED) is 0.875. The zero-order valence-corrected chi connectivity index (χ0v) is 12.9. The monoisotopic (exact) mass is 319 g/mol. The van der Waals surface area contributed by atoms with E-state index in [2.05, 4.69) is 0 Å². The van der Waals surface area contributed by atoms with Gasteiger partial charge in [-0.15, -0.1) is 0 Å². The van der Waals surface area contributed by atoms with Gasteiger partial charge in [0.2, 0.25) is 9.84 Å². The molecule has 2 rings (SSSR count). The molecule has 0 bridgehead atoms. The number of aliphatic carboxylic acids is 1. The average Bonchev–Trinajstić information content (AvgIpc) is 2.48. The van der Waals surface area contributed by atoms with Crippen molar-refractivity contribution in [3.05, 3.63) is 59.7 Å². The van der Waals surface area contributed by atoms with E-state index in [1.54, 1.807) is 43.3 Å². The van der Waals surface area contributed by atoms with Gasteiger partial charge in [-0.1, -0.05) is 30.3 Å². The minimum Gasteiger partial charge on any atom is -0.480 e. The van der Waals surface area contributed by atoms with Crippen molar-refractivity contribution in [3.63, 3.8) is 0 Å². The van der Waals surface area contributed by atoms with Crippen molar-refractivity contribution in [2.24, 2.45) is 5.73 Å². The van der Waals surface area contributed by atoms with E-state index < -0.39 is 21.8 Å². The number of hydrogen-bond donors (Lipinski definition) is 2. The lowest BCUT2D eigenvalue weighted by Crippen LogP contribution is -2.32. The highest BCUT2D eigenvalue weighted by atomic mass is 32.2. The summed E-state index contributed by atoms with van der Waals surface area (Å²) in [6.45, 7) is 1.74. The van der Waals surface area contributed by atoms with Gasteiger partial charge in [0.05, 0.1) is 9.79 Å². The number of nitrogens with two attached hydrogens (primary N) is 1. The lowest BCUT2D eigenvalue weighted by Gasteiger charge is -2.09. The predicted molar refractivity (Wildman–Crippen MR) is 82.4 cm³/mol. The molecule has 0 aliphatic carbocycles. The largest absolute Gasteiger partial charge is 0.480 e. The molecular weight excluding hydrogens is 302 g/mol. The van der Waals surface area contributed by atoms with E-state index >= 15 is 0 Å². The van der Waals surface area contributed by atoms with Gasteiger partial charge in [-0.2, -0.15) is 0 Å². The molecule has 1 atom stereocenters. The molecule has 0 aliphatic rings. The maximum atomic E-state index is 12.6.